The molecule has 0 bridgehead atoms. The molecular weight excluding hydrogens is 196 g/mol. The summed E-state index contributed by atoms with van der Waals surface area (Å²) in [7, 11) is 0. The molecule has 5 nitrogen and oxygen atoms in total. The molecule has 0 saturated heterocycles. The summed E-state index contributed by atoms with van der Waals surface area (Å²) in [5.41, 5.74) is -0.597. The fourth-order valence-corrected chi connectivity index (χ4v) is 0.941. The Labute approximate surface area is 90.2 Å². The highest BCUT2D eigenvalue weighted by molar-refractivity contribution is 5.68. The van der Waals surface area contributed by atoms with Gasteiger partial charge in [-0.25, -0.2) is 4.79 Å². The molecule has 0 aliphatic heterocycles. The summed E-state index contributed by atoms with van der Waals surface area (Å²) in [6.07, 6.45) is -0.578. The van der Waals surface area contributed by atoms with E-state index in [0.29, 0.717) is 0 Å². The van der Waals surface area contributed by atoms with Crippen molar-refractivity contribution >= 4 is 6.09 Å². The Morgan fingerprint density at radius 1 is 1.60 bits per heavy atom. The number of nitrogens with zero attached hydrogens (tertiary/aromatic N) is 2. The molecular formula is C10H18N2O3. The zero-order valence-electron chi connectivity index (χ0n) is 9.65. The Kier molecular flexibility index (Phi) is 5.09. The Balaban J connectivity index is 4.51. The van der Waals surface area contributed by atoms with Crippen LogP contribution >= 0.6 is 0 Å². The Morgan fingerprint density at radius 3 is 2.47 bits per heavy atom. The minimum Gasteiger partial charge on any atom is -0.444 e. The van der Waals surface area contributed by atoms with Crippen molar-refractivity contribution < 1.29 is 14.6 Å². The molecule has 0 aromatic rings. The number of hydrogen-bond donors (Lipinski definition) is 1. The quantitative estimate of drug-likeness (QED) is 0.764. The first-order chi connectivity index (χ1) is 6.81. The summed E-state index contributed by atoms with van der Waals surface area (Å²) in [5, 5.41) is 17.5. The van der Waals surface area contributed by atoms with Crippen molar-refractivity contribution in [2.45, 2.75) is 39.3 Å². The van der Waals surface area contributed by atoms with Gasteiger partial charge in [0.1, 0.15) is 11.6 Å². The van der Waals surface area contributed by atoms with Gasteiger partial charge >= 0.3 is 6.09 Å². The molecule has 1 atom stereocenters. The summed E-state index contributed by atoms with van der Waals surface area (Å²) in [6.45, 7) is 6.74. The highest BCUT2D eigenvalue weighted by Gasteiger charge is 2.25. The lowest BCUT2D eigenvalue weighted by Gasteiger charge is -2.28. The monoisotopic (exact) mass is 214 g/mol. The van der Waals surface area contributed by atoms with E-state index in [4.69, 9.17) is 15.1 Å². The van der Waals surface area contributed by atoms with Crippen molar-refractivity contribution in [1.29, 1.82) is 5.26 Å². The lowest BCUT2D eigenvalue weighted by atomic mass is 10.2. The van der Waals surface area contributed by atoms with Gasteiger partial charge in [-0.05, 0) is 27.7 Å². The molecule has 0 rings (SSSR count). The van der Waals surface area contributed by atoms with Crippen molar-refractivity contribution in [3.63, 3.8) is 0 Å². The molecule has 0 saturated carbocycles. The summed E-state index contributed by atoms with van der Waals surface area (Å²) in [5.74, 6) is 0. The van der Waals surface area contributed by atoms with Gasteiger partial charge in [-0.2, -0.15) is 5.26 Å². The van der Waals surface area contributed by atoms with Crippen LogP contribution in [0.1, 0.15) is 27.7 Å². The maximum atomic E-state index is 11.6. The summed E-state index contributed by atoms with van der Waals surface area (Å²) in [6, 6.07) is 1.33. The molecule has 1 N–H and O–H groups in total. The highest BCUT2D eigenvalue weighted by atomic mass is 16.6. The van der Waals surface area contributed by atoms with Crippen LogP contribution in [-0.4, -0.2) is 40.9 Å². The standard InChI is InChI=1S/C10H18N2O3/c1-8(7-11)12(5-6-13)9(14)15-10(2,3)4/h8,13H,5-6H2,1-4H3. The van der Waals surface area contributed by atoms with E-state index in [9.17, 15) is 4.79 Å². The fourth-order valence-electron chi connectivity index (χ4n) is 0.941. The predicted molar refractivity (Wildman–Crippen MR) is 55.1 cm³/mol. The van der Waals surface area contributed by atoms with E-state index in [0.717, 1.165) is 0 Å². The van der Waals surface area contributed by atoms with Crippen LogP contribution in [0.25, 0.3) is 0 Å². The maximum absolute atomic E-state index is 11.6. The number of ether oxygens (including phenoxy) is 1. The molecule has 15 heavy (non-hydrogen) atoms. The third kappa shape index (κ3) is 5.23. The van der Waals surface area contributed by atoms with Gasteiger partial charge in [-0.1, -0.05) is 0 Å². The highest BCUT2D eigenvalue weighted by Crippen LogP contribution is 2.11. The van der Waals surface area contributed by atoms with E-state index in [1.54, 1.807) is 27.7 Å². The van der Waals surface area contributed by atoms with Crippen LogP contribution in [0, 0.1) is 11.3 Å². The molecule has 0 aliphatic rings. The molecule has 1 unspecified atom stereocenters. The van der Waals surface area contributed by atoms with Crippen LogP contribution in [0.15, 0.2) is 0 Å². The zero-order chi connectivity index (χ0) is 12.1. The minimum atomic E-state index is -0.605. The van der Waals surface area contributed by atoms with Crippen LogP contribution < -0.4 is 0 Å². The lowest BCUT2D eigenvalue weighted by Crippen LogP contribution is -2.43. The summed E-state index contributed by atoms with van der Waals surface area (Å²) < 4.78 is 5.10. The topological polar surface area (TPSA) is 73.6 Å². The van der Waals surface area contributed by atoms with E-state index >= 15 is 0 Å². The number of nitriles is 1. The Bertz CT molecular complexity index is 252. The summed E-state index contributed by atoms with van der Waals surface area (Å²) >= 11 is 0. The first-order valence-electron chi connectivity index (χ1n) is 4.82. The molecule has 0 heterocycles. The van der Waals surface area contributed by atoms with Gasteiger partial charge in [0, 0.05) is 6.54 Å². The number of amides is 1. The van der Waals surface area contributed by atoms with Crippen LogP contribution in [0.5, 0.6) is 0 Å². The van der Waals surface area contributed by atoms with Gasteiger partial charge in [0.25, 0.3) is 0 Å². The molecule has 0 aliphatic carbocycles. The molecule has 0 spiro atoms. The van der Waals surface area contributed by atoms with Gasteiger partial charge in [-0.15, -0.1) is 0 Å². The number of rotatable bonds is 3. The van der Waals surface area contributed by atoms with E-state index in [2.05, 4.69) is 0 Å². The van der Waals surface area contributed by atoms with Gasteiger partial charge in [0.15, 0.2) is 0 Å². The van der Waals surface area contributed by atoms with Gasteiger partial charge in [-0.3, -0.25) is 4.90 Å². The van der Waals surface area contributed by atoms with Gasteiger partial charge in [0.2, 0.25) is 0 Å². The third-order valence-corrected chi connectivity index (χ3v) is 1.62. The minimum absolute atomic E-state index is 0.101. The number of carbonyl (C=O) groups excluding carboxylic acids is 1. The number of hydrogen-bond acceptors (Lipinski definition) is 4. The Morgan fingerprint density at radius 2 is 2.13 bits per heavy atom. The molecule has 1 amide bonds. The SMILES string of the molecule is CC(C#N)N(CCO)C(=O)OC(C)(C)C. The zero-order valence-corrected chi connectivity index (χ0v) is 9.65. The summed E-state index contributed by atoms with van der Waals surface area (Å²) in [4.78, 5) is 12.8. The average Bonchev–Trinajstić information content (AvgIpc) is 2.10. The molecule has 0 fully saturated rings. The van der Waals surface area contributed by atoms with Crippen molar-refractivity contribution in [1.82, 2.24) is 4.90 Å². The van der Waals surface area contributed by atoms with Crippen molar-refractivity contribution in [3.8, 4) is 6.07 Å². The normalized spacial score (nSPS) is 12.8. The predicted octanol–water partition coefficient (Wildman–Crippen LogP) is 1.13. The van der Waals surface area contributed by atoms with E-state index in [1.165, 1.54) is 4.90 Å². The molecule has 0 aromatic heterocycles. The van der Waals surface area contributed by atoms with Crippen molar-refractivity contribution in [2.75, 3.05) is 13.2 Å². The van der Waals surface area contributed by atoms with Crippen LogP contribution in [-0.2, 0) is 4.74 Å². The number of aliphatic hydroxyl groups excluding tert-OH is 1. The average molecular weight is 214 g/mol. The Hall–Kier alpha value is -1.28. The lowest BCUT2D eigenvalue weighted by molar-refractivity contribution is 0.0183. The van der Waals surface area contributed by atoms with Gasteiger partial charge in [0.05, 0.1) is 12.7 Å². The van der Waals surface area contributed by atoms with E-state index < -0.39 is 17.7 Å². The number of aliphatic hydroxyl groups is 1. The fraction of sp³-hybridized carbons (Fsp3) is 0.800. The van der Waals surface area contributed by atoms with Crippen molar-refractivity contribution in [3.05, 3.63) is 0 Å². The molecule has 0 aromatic carbocycles. The first-order valence-corrected chi connectivity index (χ1v) is 4.82. The first kappa shape index (κ1) is 13.7. The van der Waals surface area contributed by atoms with E-state index in [-0.39, 0.29) is 13.2 Å². The molecule has 5 heteroatoms. The second kappa shape index (κ2) is 5.56. The van der Waals surface area contributed by atoms with Crippen molar-refractivity contribution in [2.24, 2.45) is 0 Å². The number of carbonyl (C=O) groups is 1. The third-order valence-electron chi connectivity index (χ3n) is 1.62. The molecule has 86 valence electrons. The smallest absolute Gasteiger partial charge is 0.411 e. The van der Waals surface area contributed by atoms with Crippen LogP contribution in [0.3, 0.4) is 0 Å². The van der Waals surface area contributed by atoms with Crippen LogP contribution in [0.2, 0.25) is 0 Å². The van der Waals surface area contributed by atoms with Gasteiger partial charge < -0.3 is 9.84 Å². The maximum Gasteiger partial charge on any atom is 0.411 e. The second-order valence-corrected chi connectivity index (χ2v) is 4.20. The second-order valence-electron chi connectivity index (χ2n) is 4.20. The van der Waals surface area contributed by atoms with Crippen LogP contribution in [0.4, 0.5) is 4.79 Å². The molecule has 0 radical (unpaired) electrons. The van der Waals surface area contributed by atoms with E-state index in [1.807, 2.05) is 6.07 Å². The largest absolute Gasteiger partial charge is 0.444 e.